The molecule has 1 amide bonds. The van der Waals surface area contributed by atoms with E-state index in [-0.39, 0.29) is 13.1 Å². The number of aryl methyl sites for hydroxylation is 1. The molecule has 0 bridgehead atoms. The second-order valence-electron chi connectivity index (χ2n) is 4.59. The molecule has 6 nitrogen and oxygen atoms in total. The van der Waals surface area contributed by atoms with Gasteiger partial charge in [0.05, 0.1) is 11.9 Å². The van der Waals surface area contributed by atoms with Crippen LogP contribution in [0.1, 0.15) is 56.7 Å². The van der Waals surface area contributed by atoms with Crippen LogP contribution in [0.15, 0.2) is 12.4 Å². The van der Waals surface area contributed by atoms with Crippen molar-refractivity contribution in [1.29, 1.82) is 0 Å². The Balaban J connectivity index is 0.00000128. The first kappa shape index (κ1) is 19.0. The van der Waals surface area contributed by atoms with Gasteiger partial charge >= 0.3 is 5.97 Å². The topological polar surface area (TPSA) is 92.2 Å². The molecular formula is C15H25N3O3. The van der Waals surface area contributed by atoms with Crippen LogP contribution >= 0.6 is 0 Å². The molecule has 0 aliphatic heterocycles. The van der Waals surface area contributed by atoms with E-state index in [0.717, 1.165) is 12.8 Å². The number of amides is 1. The van der Waals surface area contributed by atoms with Crippen LogP contribution in [0, 0.1) is 12.8 Å². The molecule has 2 rings (SSSR count). The van der Waals surface area contributed by atoms with Gasteiger partial charge in [-0.1, -0.05) is 34.1 Å². The molecule has 0 aromatic carbocycles. The maximum absolute atomic E-state index is 11.8. The smallest absolute Gasteiger partial charge is 0.326 e. The summed E-state index contributed by atoms with van der Waals surface area (Å²) in [7, 11) is 0. The molecule has 0 saturated heterocycles. The van der Waals surface area contributed by atoms with Gasteiger partial charge in [-0.3, -0.25) is 9.78 Å². The molecule has 1 heterocycles. The van der Waals surface area contributed by atoms with Gasteiger partial charge in [-0.2, -0.15) is 0 Å². The van der Waals surface area contributed by atoms with Crippen molar-refractivity contribution in [2.24, 2.45) is 5.92 Å². The van der Waals surface area contributed by atoms with E-state index in [9.17, 15) is 9.59 Å². The lowest BCUT2D eigenvalue weighted by molar-refractivity contribution is -0.139. The summed E-state index contributed by atoms with van der Waals surface area (Å²) in [6, 6.07) is -0.840. The molecule has 118 valence electrons. The van der Waals surface area contributed by atoms with E-state index >= 15 is 0 Å². The largest absolute Gasteiger partial charge is 0.480 e. The average molecular weight is 295 g/mol. The summed E-state index contributed by atoms with van der Waals surface area (Å²) in [4.78, 5) is 30.7. The minimum absolute atomic E-state index is 0. The number of carbonyl (C=O) groups is 2. The minimum Gasteiger partial charge on any atom is -0.480 e. The molecule has 21 heavy (non-hydrogen) atoms. The maximum atomic E-state index is 11.8. The third-order valence-electron chi connectivity index (χ3n) is 2.88. The van der Waals surface area contributed by atoms with Crippen LogP contribution in [0.25, 0.3) is 0 Å². The maximum Gasteiger partial charge on any atom is 0.326 e. The van der Waals surface area contributed by atoms with Gasteiger partial charge in [0.2, 0.25) is 0 Å². The van der Waals surface area contributed by atoms with Gasteiger partial charge in [-0.25, -0.2) is 9.78 Å². The van der Waals surface area contributed by atoms with Gasteiger partial charge in [0.25, 0.3) is 5.91 Å². The first-order valence-electron chi connectivity index (χ1n) is 6.88. The summed E-state index contributed by atoms with van der Waals surface area (Å²) >= 11 is 0. The Kier molecular flexibility index (Phi) is 8.19. The highest BCUT2D eigenvalue weighted by Crippen LogP contribution is 2.33. The highest BCUT2D eigenvalue weighted by Gasteiger charge is 2.30. The molecule has 1 fully saturated rings. The Labute approximate surface area is 126 Å². The second kappa shape index (κ2) is 9.05. The Morgan fingerprint density at radius 3 is 2.38 bits per heavy atom. The van der Waals surface area contributed by atoms with Crippen LogP contribution in [0.4, 0.5) is 0 Å². The van der Waals surface area contributed by atoms with Gasteiger partial charge in [-0.05, 0) is 19.3 Å². The van der Waals surface area contributed by atoms with Gasteiger partial charge < -0.3 is 10.4 Å². The molecule has 1 unspecified atom stereocenters. The highest BCUT2D eigenvalue weighted by atomic mass is 16.4. The fourth-order valence-electron chi connectivity index (χ4n) is 1.65. The number of hydrogen-bond donors (Lipinski definition) is 2. The summed E-state index contributed by atoms with van der Waals surface area (Å²) < 4.78 is 0. The number of carboxylic acids is 1. The molecule has 1 saturated carbocycles. The fraction of sp³-hybridized carbons (Fsp3) is 0.600. The molecule has 1 aliphatic carbocycles. The Morgan fingerprint density at radius 2 is 1.95 bits per heavy atom. The van der Waals surface area contributed by atoms with E-state index in [2.05, 4.69) is 15.3 Å². The van der Waals surface area contributed by atoms with Gasteiger partial charge in [0, 0.05) is 6.20 Å². The molecule has 1 aromatic rings. The lowest BCUT2D eigenvalue weighted by Gasteiger charge is -2.13. The number of carbonyl (C=O) groups excluding carboxylic acids is 1. The van der Waals surface area contributed by atoms with E-state index in [0.29, 0.717) is 18.0 Å². The lowest BCUT2D eigenvalue weighted by atomic mass is 10.1. The number of carboxylic acid groups (broad SMARTS) is 1. The Hall–Kier alpha value is -1.98. The predicted molar refractivity (Wildman–Crippen MR) is 81.1 cm³/mol. The Bertz CT molecular complexity index is 456. The number of nitrogens with one attached hydrogen (secondary N) is 1. The average Bonchev–Trinajstić information content (AvgIpc) is 3.25. The summed E-state index contributed by atoms with van der Waals surface area (Å²) in [5.41, 5.74) is 0.849. The zero-order valence-electron chi connectivity index (χ0n) is 12.1. The summed E-state index contributed by atoms with van der Waals surface area (Å²) in [6.07, 6.45) is 5.40. The number of rotatable bonds is 5. The van der Waals surface area contributed by atoms with Crippen LogP contribution in [-0.2, 0) is 4.79 Å². The fourth-order valence-corrected chi connectivity index (χ4v) is 1.65. The third kappa shape index (κ3) is 6.33. The van der Waals surface area contributed by atoms with Crippen LogP contribution in [-0.4, -0.2) is 33.0 Å². The van der Waals surface area contributed by atoms with Gasteiger partial charge in [0.15, 0.2) is 0 Å². The molecule has 0 spiro atoms. The first-order valence-corrected chi connectivity index (χ1v) is 6.88. The Morgan fingerprint density at radius 1 is 1.33 bits per heavy atom. The monoisotopic (exact) mass is 295 g/mol. The first-order chi connectivity index (χ1) is 9.56. The van der Waals surface area contributed by atoms with E-state index in [1.165, 1.54) is 12.4 Å². The molecule has 1 aliphatic rings. The van der Waals surface area contributed by atoms with Crippen molar-refractivity contribution in [3.63, 3.8) is 0 Å². The van der Waals surface area contributed by atoms with E-state index in [1.54, 1.807) is 6.92 Å². The van der Waals surface area contributed by atoms with Crippen LogP contribution in [0.5, 0.6) is 0 Å². The third-order valence-corrected chi connectivity index (χ3v) is 2.88. The van der Waals surface area contributed by atoms with Crippen LogP contribution in [0.3, 0.4) is 0 Å². The number of nitrogens with zero attached hydrogens (tertiary/aromatic N) is 2. The number of hydrogen-bond acceptors (Lipinski definition) is 4. The van der Waals surface area contributed by atoms with Crippen LogP contribution in [0.2, 0.25) is 0 Å². The quantitative estimate of drug-likeness (QED) is 0.870. The minimum atomic E-state index is -1.00. The van der Waals surface area contributed by atoms with Gasteiger partial charge in [0.1, 0.15) is 11.7 Å². The SMILES string of the molecule is C.CC.Cc1cnc(C(=O)NC(CC2CC2)C(=O)O)cn1. The molecular weight excluding hydrogens is 270 g/mol. The molecule has 1 aromatic heterocycles. The molecule has 2 N–H and O–H groups in total. The lowest BCUT2D eigenvalue weighted by Crippen LogP contribution is -2.41. The number of aliphatic carboxylic acids is 1. The standard InChI is InChI=1S/C12H15N3O3.C2H6.CH4/c1-7-5-14-10(6-13-7)11(16)15-9(12(17)18)4-8-2-3-8;1-2;/h5-6,8-9H,2-4H2,1H3,(H,15,16)(H,17,18);1-2H3;1H4. The zero-order chi connectivity index (χ0) is 15.1. The van der Waals surface area contributed by atoms with Crippen molar-refractivity contribution >= 4 is 11.9 Å². The van der Waals surface area contributed by atoms with Gasteiger partial charge in [-0.15, -0.1) is 0 Å². The van der Waals surface area contributed by atoms with Crippen molar-refractivity contribution in [3.05, 3.63) is 23.8 Å². The normalized spacial score (nSPS) is 14.0. The van der Waals surface area contributed by atoms with Crippen molar-refractivity contribution in [2.75, 3.05) is 0 Å². The highest BCUT2D eigenvalue weighted by molar-refractivity contribution is 5.94. The molecule has 1 atom stereocenters. The summed E-state index contributed by atoms with van der Waals surface area (Å²) in [5, 5.41) is 11.5. The number of aromatic nitrogens is 2. The van der Waals surface area contributed by atoms with E-state index in [4.69, 9.17) is 5.11 Å². The van der Waals surface area contributed by atoms with Crippen LogP contribution < -0.4 is 5.32 Å². The second-order valence-corrected chi connectivity index (χ2v) is 4.59. The predicted octanol–water partition coefficient (Wildman–Crippen LogP) is 2.43. The van der Waals surface area contributed by atoms with E-state index < -0.39 is 17.9 Å². The van der Waals surface area contributed by atoms with Crippen molar-refractivity contribution in [2.45, 2.75) is 53.5 Å². The van der Waals surface area contributed by atoms with E-state index in [1.807, 2.05) is 13.8 Å². The molecule has 6 heteroatoms. The summed E-state index contributed by atoms with van der Waals surface area (Å²) in [5.74, 6) is -1.07. The van der Waals surface area contributed by atoms with Crippen molar-refractivity contribution in [1.82, 2.24) is 15.3 Å². The molecule has 0 radical (unpaired) electrons. The zero-order valence-corrected chi connectivity index (χ0v) is 12.1. The van der Waals surface area contributed by atoms with Crippen molar-refractivity contribution in [3.8, 4) is 0 Å². The van der Waals surface area contributed by atoms with Crippen molar-refractivity contribution < 1.29 is 14.7 Å². The summed E-state index contributed by atoms with van der Waals surface area (Å²) in [6.45, 7) is 5.77.